The Kier molecular flexibility index (Phi) is 4.81. The maximum Gasteiger partial charge on any atom is 0.331 e. The minimum atomic E-state index is -0.534. The number of esters is 1. The van der Waals surface area contributed by atoms with Gasteiger partial charge in [0.05, 0.1) is 5.88 Å². The number of hydrogen-bond acceptors (Lipinski definition) is 5. The van der Waals surface area contributed by atoms with Crippen LogP contribution in [0.3, 0.4) is 0 Å². The molecule has 0 aromatic heterocycles. The van der Waals surface area contributed by atoms with E-state index in [2.05, 4.69) is 0 Å². The molecule has 1 amide bonds. The zero-order valence-corrected chi connectivity index (χ0v) is 11.4. The maximum atomic E-state index is 12.3. The summed E-state index contributed by atoms with van der Waals surface area (Å²) in [6.07, 6.45) is 0. The summed E-state index contributed by atoms with van der Waals surface area (Å²) >= 11 is 1.54. The summed E-state index contributed by atoms with van der Waals surface area (Å²) in [7, 11) is 1.45. The Bertz CT molecular complexity index is 451. The van der Waals surface area contributed by atoms with Crippen molar-refractivity contribution in [2.45, 2.75) is 6.04 Å². The number of carbonyl (C=O) groups is 2. The molecule has 5 nitrogen and oxygen atoms in total. The summed E-state index contributed by atoms with van der Waals surface area (Å²) in [5, 5.41) is 0. The van der Waals surface area contributed by atoms with E-state index in [4.69, 9.17) is 9.47 Å². The van der Waals surface area contributed by atoms with E-state index in [9.17, 15) is 9.59 Å². The number of hydrogen-bond donors (Lipinski definition) is 0. The number of benzene rings is 1. The number of nitrogens with zero attached hydrogens (tertiary/aromatic N) is 1. The van der Waals surface area contributed by atoms with Crippen LogP contribution in [0.4, 0.5) is 0 Å². The Balaban J connectivity index is 2.06. The first-order valence-electron chi connectivity index (χ1n) is 5.83. The molecule has 0 saturated carbocycles. The highest BCUT2D eigenvalue weighted by atomic mass is 32.2. The molecule has 1 aliphatic heterocycles. The van der Waals surface area contributed by atoms with Crippen LogP contribution in [0, 0.1) is 0 Å². The summed E-state index contributed by atoms with van der Waals surface area (Å²) in [5.74, 6) is 0.489. The molecule has 1 fully saturated rings. The molecule has 1 saturated heterocycles. The van der Waals surface area contributed by atoms with Crippen molar-refractivity contribution in [2.75, 3.05) is 25.5 Å². The third-order valence-corrected chi connectivity index (χ3v) is 3.77. The van der Waals surface area contributed by atoms with Crippen LogP contribution in [0.25, 0.3) is 0 Å². The van der Waals surface area contributed by atoms with Crippen LogP contribution < -0.4 is 0 Å². The first-order valence-corrected chi connectivity index (χ1v) is 6.99. The van der Waals surface area contributed by atoms with Crippen LogP contribution >= 0.6 is 11.8 Å². The molecule has 0 N–H and O–H groups in total. The number of rotatable bonds is 4. The fourth-order valence-corrected chi connectivity index (χ4v) is 2.94. The van der Waals surface area contributed by atoms with E-state index in [0.717, 1.165) is 0 Å². The first-order chi connectivity index (χ1) is 9.24. The van der Waals surface area contributed by atoms with Crippen molar-refractivity contribution in [1.82, 2.24) is 4.90 Å². The summed E-state index contributed by atoms with van der Waals surface area (Å²) in [5.41, 5.74) is 0.578. The molecule has 1 aliphatic rings. The zero-order valence-electron chi connectivity index (χ0n) is 10.6. The lowest BCUT2D eigenvalue weighted by atomic mass is 10.2. The van der Waals surface area contributed by atoms with Crippen molar-refractivity contribution >= 4 is 23.6 Å². The average molecular weight is 281 g/mol. The lowest BCUT2D eigenvalue weighted by molar-refractivity contribution is -0.158. The van der Waals surface area contributed by atoms with E-state index >= 15 is 0 Å². The molecule has 1 aromatic carbocycles. The van der Waals surface area contributed by atoms with Gasteiger partial charge in [-0.25, -0.2) is 4.79 Å². The summed E-state index contributed by atoms with van der Waals surface area (Å²) in [4.78, 5) is 25.7. The highest BCUT2D eigenvalue weighted by Crippen LogP contribution is 2.24. The van der Waals surface area contributed by atoms with Gasteiger partial charge in [-0.3, -0.25) is 4.79 Å². The van der Waals surface area contributed by atoms with Crippen molar-refractivity contribution in [1.29, 1.82) is 0 Å². The Morgan fingerprint density at radius 1 is 1.37 bits per heavy atom. The largest absolute Gasteiger partial charge is 0.437 e. The van der Waals surface area contributed by atoms with Gasteiger partial charge in [0.2, 0.25) is 0 Å². The van der Waals surface area contributed by atoms with Crippen molar-refractivity contribution in [2.24, 2.45) is 0 Å². The third kappa shape index (κ3) is 3.27. The van der Waals surface area contributed by atoms with Crippen molar-refractivity contribution in [3.05, 3.63) is 35.9 Å². The van der Waals surface area contributed by atoms with Gasteiger partial charge in [-0.05, 0) is 12.1 Å². The predicted octanol–water partition coefficient (Wildman–Crippen LogP) is 1.35. The van der Waals surface area contributed by atoms with E-state index in [-0.39, 0.29) is 12.7 Å². The minimum absolute atomic E-state index is 0.0899. The molecule has 19 heavy (non-hydrogen) atoms. The van der Waals surface area contributed by atoms with E-state index in [1.54, 1.807) is 24.3 Å². The minimum Gasteiger partial charge on any atom is -0.437 e. The molecule has 102 valence electrons. The van der Waals surface area contributed by atoms with Gasteiger partial charge in [-0.15, -0.1) is 11.8 Å². The molecular weight excluding hydrogens is 266 g/mol. The lowest BCUT2D eigenvalue weighted by Crippen LogP contribution is -2.42. The van der Waals surface area contributed by atoms with Crippen LogP contribution in [0.15, 0.2) is 30.3 Å². The number of thioether (sulfide) groups is 1. The molecule has 0 unspecified atom stereocenters. The zero-order chi connectivity index (χ0) is 13.7. The third-order valence-electron chi connectivity index (χ3n) is 2.76. The molecule has 6 heteroatoms. The second kappa shape index (κ2) is 6.58. The van der Waals surface area contributed by atoms with Gasteiger partial charge < -0.3 is 14.4 Å². The fraction of sp³-hybridized carbons (Fsp3) is 0.385. The second-order valence-corrected chi connectivity index (χ2v) is 5.03. The highest BCUT2D eigenvalue weighted by molar-refractivity contribution is 7.99. The van der Waals surface area contributed by atoms with Crippen LogP contribution in [-0.4, -0.2) is 48.4 Å². The quantitative estimate of drug-likeness (QED) is 0.616. The average Bonchev–Trinajstić information content (AvgIpc) is 2.94. The van der Waals surface area contributed by atoms with Crippen LogP contribution in [0.2, 0.25) is 0 Å². The molecule has 2 rings (SSSR count). The van der Waals surface area contributed by atoms with Crippen molar-refractivity contribution < 1.29 is 19.1 Å². The normalized spacial score (nSPS) is 18.4. The summed E-state index contributed by atoms with van der Waals surface area (Å²) < 4.78 is 9.62. The van der Waals surface area contributed by atoms with Crippen molar-refractivity contribution in [3.8, 4) is 0 Å². The molecule has 0 spiro atoms. The van der Waals surface area contributed by atoms with Crippen molar-refractivity contribution in [3.63, 3.8) is 0 Å². The van der Waals surface area contributed by atoms with Gasteiger partial charge in [0.25, 0.3) is 5.91 Å². The monoisotopic (exact) mass is 281 g/mol. The lowest BCUT2D eigenvalue weighted by Gasteiger charge is -2.22. The summed E-state index contributed by atoms with van der Waals surface area (Å²) in [6, 6.07) is 8.39. The smallest absolute Gasteiger partial charge is 0.331 e. The van der Waals surface area contributed by atoms with E-state index in [1.807, 2.05) is 6.07 Å². The number of methoxy groups -OCH3 is 1. The molecule has 0 radical (unpaired) electrons. The first kappa shape index (κ1) is 13.9. The molecule has 0 bridgehead atoms. The second-order valence-electron chi connectivity index (χ2n) is 4.03. The molecule has 1 atom stereocenters. The van der Waals surface area contributed by atoms with Crippen LogP contribution in [-0.2, 0) is 14.3 Å². The van der Waals surface area contributed by atoms with Gasteiger partial charge in [-0.2, -0.15) is 0 Å². The highest BCUT2D eigenvalue weighted by Gasteiger charge is 2.36. The predicted molar refractivity (Wildman–Crippen MR) is 71.7 cm³/mol. The Morgan fingerprint density at radius 3 is 2.79 bits per heavy atom. The Hall–Kier alpha value is -1.53. The number of amides is 1. The summed E-state index contributed by atoms with van der Waals surface area (Å²) in [6.45, 7) is -0.0899. The number of ether oxygens (including phenoxy) is 2. The Morgan fingerprint density at radius 2 is 2.11 bits per heavy atom. The maximum absolute atomic E-state index is 12.3. The van der Waals surface area contributed by atoms with E-state index in [0.29, 0.717) is 17.2 Å². The topological polar surface area (TPSA) is 55.8 Å². The van der Waals surface area contributed by atoms with Gasteiger partial charge in [-0.1, -0.05) is 18.2 Å². The van der Waals surface area contributed by atoms with Crippen LogP contribution in [0.1, 0.15) is 10.4 Å². The Labute approximate surface area is 115 Å². The van der Waals surface area contributed by atoms with Gasteiger partial charge in [0, 0.05) is 18.4 Å². The SMILES string of the molecule is COCOC(=O)[C@@H]1CSCN1C(=O)c1ccccc1. The van der Waals surface area contributed by atoms with Gasteiger partial charge in [0.1, 0.15) is 6.04 Å². The fourth-order valence-electron chi connectivity index (χ4n) is 1.80. The molecule has 0 aliphatic carbocycles. The van der Waals surface area contributed by atoms with Crippen LogP contribution in [0.5, 0.6) is 0 Å². The molecule has 1 aromatic rings. The van der Waals surface area contributed by atoms with E-state index < -0.39 is 12.0 Å². The van der Waals surface area contributed by atoms with Gasteiger partial charge in [0.15, 0.2) is 6.79 Å². The molecule has 1 heterocycles. The standard InChI is InChI=1S/C13H15NO4S/c1-17-9-18-13(16)11-7-19-8-14(11)12(15)10-5-3-2-4-6-10/h2-6,11H,7-9H2,1H3/t11-/m0/s1. The van der Waals surface area contributed by atoms with Gasteiger partial charge >= 0.3 is 5.97 Å². The molecular formula is C13H15NO4S. The van der Waals surface area contributed by atoms with E-state index in [1.165, 1.54) is 23.8 Å². The number of carbonyl (C=O) groups excluding carboxylic acids is 2.